The van der Waals surface area contributed by atoms with Crippen LogP contribution in [0, 0.1) is 0 Å². The normalized spacial score (nSPS) is 12.1. The first-order chi connectivity index (χ1) is 8.93. The summed E-state index contributed by atoms with van der Waals surface area (Å²) in [7, 11) is 1.20. The highest BCUT2D eigenvalue weighted by atomic mass is 16.6. The van der Waals surface area contributed by atoms with Crippen LogP contribution in [0.3, 0.4) is 0 Å². The molecular formula is C13H14O6. The zero-order valence-corrected chi connectivity index (χ0v) is 10.5. The summed E-state index contributed by atoms with van der Waals surface area (Å²) in [5, 5.41) is 18.4. The fourth-order valence-corrected chi connectivity index (χ4v) is 1.24. The third kappa shape index (κ3) is 4.34. The van der Waals surface area contributed by atoms with E-state index in [0.29, 0.717) is 5.56 Å². The van der Waals surface area contributed by atoms with E-state index in [1.165, 1.54) is 38.3 Å². The van der Waals surface area contributed by atoms with Gasteiger partial charge in [-0.05, 0) is 30.7 Å². The lowest BCUT2D eigenvalue weighted by Gasteiger charge is -2.08. The molecule has 0 radical (unpaired) electrons. The maximum atomic E-state index is 11.4. The van der Waals surface area contributed by atoms with Gasteiger partial charge in [0.05, 0.1) is 7.11 Å². The van der Waals surface area contributed by atoms with Gasteiger partial charge in [-0.25, -0.2) is 9.59 Å². The van der Waals surface area contributed by atoms with Crippen LogP contribution in [0.15, 0.2) is 24.3 Å². The van der Waals surface area contributed by atoms with E-state index in [2.05, 4.69) is 4.74 Å². The molecule has 0 heterocycles. The fourth-order valence-electron chi connectivity index (χ4n) is 1.24. The Hall–Kier alpha value is -2.50. The van der Waals surface area contributed by atoms with Gasteiger partial charge >= 0.3 is 11.9 Å². The van der Waals surface area contributed by atoms with Crippen LogP contribution in [0.5, 0.6) is 11.5 Å². The van der Waals surface area contributed by atoms with Crippen LogP contribution in [0.4, 0.5) is 0 Å². The van der Waals surface area contributed by atoms with Crippen LogP contribution in [0.2, 0.25) is 0 Å². The average Bonchev–Trinajstić information content (AvgIpc) is 2.39. The lowest BCUT2D eigenvalue weighted by molar-refractivity contribution is -0.161. The molecule has 0 amide bonds. The van der Waals surface area contributed by atoms with Crippen molar-refractivity contribution in [1.29, 1.82) is 0 Å². The quantitative estimate of drug-likeness (QED) is 0.483. The van der Waals surface area contributed by atoms with Gasteiger partial charge in [-0.2, -0.15) is 0 Å². The molecular weight excluding hydrogens is 252 g/mol. The summed E-state index contributed by atoms with van der Waals surface area (Å²) in [4.78, 5) is 22.4. The van der Waals surface area contributed by atoms with E-state index in [1.54, 1.807) is 0 Å². The molecule has 19 heavy (non-hydrogen) atoms. The average molecular weight is 266 g/mol. The zero-order valence-electron chi connectivity index (χ0n) is 10.5. The van der Waals surface area contributed by atoms with E-state index in [-0.39, 0.29) is 11.5 Å². The van der Waals surface area contributed by atoms with Crippen molar-refractivity contribution in [1.82, 2.24) is 0 Å². The molecule has 1 atom stereocenters. The van der Waals surface area contributed by atoms with Gasteiger partial charge in [0.2, 0.25) is 0 Å². The first-order valence-electron chi connectivity index (χ1n) is 5.42. The molecule has 0 aliphatic heterocycles. The summed E-state index contributed by atoms with van der Waals surface area (Å²) < 4.78 is 9.17. The lowest BCUT2D eigenvalue weighted by atomic mass is 10.2. The van der Waals surface area contributed by atoms with Gasteiger partial charge in [-0.15, -0.1) is 0 Å². The molecule has 0 spiro atoms. The van der Waals surface area contributed by atoms with Crippen molar-refractivity contribution in [3.05, 3.63) is 29.8 Å². The first kappa shape index (κ1) is 14.6. The highest BCUT2D eigenvalue weighted by Gasteiger charge is 2.16. The highest BCUT2D eigenvalue weighted by Crippen LogP contribution is 2.25. The number of phenols is 2. The van der Waals surface area contributed by atoms with E-state index >= 15 is 0 Å². The van der Waals surface area contributed by atoms with Gasteiger partial charge in [-0.1, -0.05) is 6.07 Å². The monoisotopic (exact) mass is 266 g/mol. The van der Waals surface area contributed by atoms with Gasteiger partial charge in [0, 0.05) is 6.08 Å². The van der Waals surface area contributed by atoms with Crippen molar-refractivity contribution >= 4 is 18.0 Å². The molecule has 0 bridgehead atoms. The Morgan fingerprint density at radius 2 is 1.95 bits per heavy atom. The largest absolute Gasteiger partial charge is 0.504 e. The van der Waals surface area contributed by atoms with Crippen LogP contribution < -0.4 is 0 Å². The number of hydrogen-bond donors (Lipinski definition) is 2. The van der Waals surface area contributed by atoms with E-state index in [9.17, 15) is 14.7 Å². The SMILES string of the molecule is COC(=O)C(C)OC(=O)/C=C/c1ccc(O)c(O)c1. The molecule has 1 rings (SSSR count). The van der Waals surface area contributed by atoms with Crippen molar-refractivity contribution in [2.24, 2.45) is 0 Å². The van der Waals surface area contributed by atoms with E-state index in [1.807, 2.05) is 0 Å². The summed E-state index contributed by atoms with van der Waals surface area (Å²) in [6.45, 7) is 1.39. The molecule has 2 N–H and O–H groups in total. The number of esters is 2. The number of carbonyl (C=O) groups excluding carboxylic acids is 2. The number of carbonyl (C=O) groups is 2. The van der Waals surface area contributed by atoms with E-state index < -0.39 is 18.0 Å². The summed E-state index contributed by atoms with van der Waals surface area (Å²) in [6, 6.07) is 4.07. The number of rotatable bonds is 4. The Morgan fingerprint density at radius 1 is 1.26 bits per heavy atom. The minimum absolute atomic E-state index is 0.251. The topological polar surface area (TPSA) is 93.1 Å². The minimum atomic E-state index is -0.990. The Balaban J connectivity index is 2.63. The smallest absolute Gasteiger partial charge is 0.346 e. The summed E-state index contributed by atoms with van der Waals surface area (Å²) in [5.74, 6) is -1.91. The zero-order chi connectivity index (χ0) is 14.4. The van der Waals surface area contributed by atoms with Crippen molar-refractivity contribution in [3.63, 3.8) is 0 Å². The van der Waals surface area contributed by atoms with Gasteiger partial charge in [0.25, 0.3) is 0 Å². The molecule has 6 heteroatoms. The second kappa shape index (κ2) is 6.44. The van der Waals surface area contributed by atoms with Gasteiger partial charge in [0.15, 0.2) is 17.6 Å². The molecule has 0 saturated heterocycles. The number of benzene rings is 1. The molecule has 0 aromatic heterocycles. The summed E-state index contributed by atoms with van der Waals surface area (Å²) >= 11 is 0. The van der Waals surface area contributed by atoms with Crippen molar-refractivity contribution < 1.29 is 29.3 Å². The Bertz CT molecular complexity index is 506. The predicted octanol–water partition coefficient (Wildman–Crippen LogP) is 1.22. The number of hydrogen-bond acceptors (Lipinski definition) is 6. The van der Waals surface area contributed by atoms with Crippen molar-refractivity contribution in [3.8, 4) is 11.5 Å². The molecule has 1 aromatic carbocycles. The second-order valence-electron chi connectivity index (χ2n) is 3.68. The highest BCUT2D eigenvalue weighted by molar-refractivity contribution is 5.89. The lowest BCUT2D eigenvalue weighted by Crippen LogP contribution is -2.24. The second-order valence-corrected chi connectivity index (χ2v) is 3.68. The number of phenolic OH excluding ortho intramolecular Hbond substituents is 2. The molecule has 6 nitrogen and oxygen atoms in total. The van der Waals surface area contributed by atoms with Crippen LogP contribution in [0.1, 0.15) is 12.5 Å². The first-order valence-corrected chi connectivity index (χ1v) is 5.42. The Morgan fingerprint density at radius 3 is 2.53 bits per heavy atom. The molecule has 0 saturated carbocycles. The number of aromatic hydroxyl groups is 2. The van der Waals surface area contributed by atoms with Gasteiger partial charge in [0.1, 0.15) is 0 Å². The van der Waals surface area contributed by atoms with Gasteiger partial charge < -0.3 is 19.7 Å². The fraction of sp³-hybridized carbons (Fsp3) is 0.231. The van der Waals surface area contributed by atoms with Crippen LogP contribution in [-0.4, -0.2) is 35.4 Å². The van der Waals surface area contributed by atoms with Crippen molar-refractivity contribution in [2.75, 3.05) is 7.11 Å². The molecule has 0 aliphatic carbocycles. The molecule has 0 fully saturated rings. The Kier molecular flexibility index (Phi) is 4.93. The third-order valence-corrected chi connectivity index (χ3v) is 2.24. The van der Waals surface area contributed by atoms with Crippen molar-refractivity contribution in [2.45, 2.75) is 13.0 Å². The standard InChI is InChI=1S/C13H14O6/c1-8(13(17)18-2)19-12(16)6-4-9-3-5-10(14)11(15)7-9/h3-8,14-15H,1-2H3/b6-4+. The van der Waals surface area contributed by atoms with E-state index in [4.69, 9.17) is 9.84 Å². The maximum Gasteiger partial charge on any atom is 0.346 e. The predicted molar refractivity (Wildman–Crippen MR) is 66.4 cm³/mol. The number of ether oxygens (including phenoxy) is 2. The van der Waals surface area contributed by atoms with Crippen LogP contribution >= 0.6 is 0 Å². The van der Waals surface area contributed by atoms with Crippen LogP contribution in [-0.2, 0) is 19.1 Å². The number of methoxy groups -OCH3 is 1. The van der Waals surface area contributed by atoms with Crippen LogP contribution in [0.25, 0.3) is 6.08 Å². The molecule has 0 aliphatic rings. The summed E-state index contributed by atoms with van der Waals surface area (Å²) in [6.07, 6.45) is 1.49. The molecule has 1 unspecified atom stereocenters. The molecule has 102 valence electrons. The van der Waals surface area contributed by atoms with E-state index in [0.717, 1.165) is 6.08 Å². The summed E-state index contributed by atoms with van der Waals surface area (Å²) in [5.41, 5.74) is 0.498. The minimum Gasteiger partial charge on any atom is -0.504 e. The Labute approximate surface area is 109 Å². The molecule has 1 aromatic rings. The third-order valence-electron chi connectivity index (χ3n) is 2.24. The van der Waals surface area contributed by atoms with Gasteiger partial charge in [-0.3, -0.25) is 0 Å². The maximum absolute atomic E-state index is 11.4.